The lowest BCUT2D eigenvalue weighted by atomic mass is 9.96. The van der Waals surface area contributed by atoms with Crippen molar-refractivity contribution in [2.45, 2.75) is 32.9 Å². The number of likely N-dealkylation sites (tertiary alicyclic amines) is 1. The van der Waals surface area contributed by atoms with Crippen molar-refractivity contribution in [3.05, 3.63) is 40.5 Å². The van der Waals surface area contributed by atoms with E-state index in [0.717, 1.165) is 53.2 Å². The van der Waals surface area contributed by atoms with Gasteiger partial charge in [0, 0.05) is 31.1 Å². The summed E-state index contributed by atoms with van der Waals surface area (Å²) in [6.07, 6.45) is 1.11. The molecule has 3 nitrogen and oxygen atoms in total. The molecule has 1 saturated heterocycles. The smallest absolute Gasteiger partial charge is 0.0740 e. The second-order valence-corrected chi connectivity index (χ2v) is 6.69. The van der Waals surface area contributed by atoms with E-state index < -0.39 is 0 Å². The van der Waals surface area contributed by atoms with Crippen LogP contribution in [0.15, 0.2) is 24.3 Å². The first kappa shape index (κ1) is 14.8. The van der Waals surface area contributed by atoms with Gasteiger partial charge in [0.2, 0.25) is 0 Å². The van der Waals surface area contributed by atoms with Gasteiger partial charge in [-0.15, -0.1) is 0 Å². The molecule has 1 aromatic carbocycles. The fraction of sp³-hybridized carbons (Fsp3) is 0.471. The Hall–Kier alpha value is -1.16. The number of para-hydroxylation sites is 1. The second-order valence-electron chi connectivity index (χ2n) is 6.31. The van der Waals surface area contributed by atoms with Crippen LogP contribution in [0.3, 0.4) is 0 Å². The highest BCUT2D eigenvalue weighted by Gasteiger charge is 2.23. The standard InChI is InChI=1S/C17H22ClN3/c1-11-7-13(19)9-21(8-11)10-16-17(18)12(2)14-5-3-4-6-15(14)20-16/h3-6,11,13H,7-10,19H2,1-2H3. The molecule has 21 heavy (non-hydrogen) atoms. The number of fused-ring (bicyclic) bond motifs is 1. The summed E-state index contributed by atoms with van der Waals surface area (Å²) in [5.74, 6) is 0.633. The van der Waals surface area contributed by atoms with E-state index in [4.69, 9.17) is 22.3 Å². The largest absolute Gasteiger partial charge is 0.327 e. The summed E-state index contributed by atoms with van der Waals surface area (Å²) in [7, 11) is 0. The molecule has 0 spiro atoms. The Bertz CT molecular complexity index is 646. The molecule has 2 heterocycles. The lowest BCUT2D eigenvalue weighted by molar-refractivity contribution is 0.157. The van der Waals surface area contributed by atoms with E-state index >= 15 is 0 Å². The highest BCUT2D eigenvalue weighted by molar-refractivity contribution is 6.32. The van der Waals surface area contributed by atoms with Crippen LogP contribution in [0.4, 0.5) is 0 Å². The predicted molar refractivity (Wildman–Crippen MR) is 88.5 cm³/mol. The molecule has 0 aliphatic carbocycles. The van der Waals surface area contributed by atoms with Gasteiger partial charge < -0.3 is 5.73 Å². The van der Waals surface area contributed by atoms with E-state index in [1.54, 1.807) is 0 Å². The lowest BCUT2D eigenvalue weighted by Crippen LogP contribution is -2.45. The van der Waals surface area contributed by atoms with Crippen molar-refractivity contribution in [2.24, 2.45) is 11.7 Å². The molecule has 1 aliphatic rings. The normalized spacial score (nSPS) is 23.6. The second kappa shape index (κ2) is 5.91. The molecule has 3 rings (SSSR count). The zero-order valence-corrected chi connectivity index (χ0v) is 13.4. The number of nitrogens with two attached hydrogens (primary N) is 1. The van der Waals surface area contributed by atoms with Gasteiger partial charge in [-0.3, -0.25) is 4.90 Å². The molecule has 2 aromatic rings. The molecule has 4 heteroatoms. The predicted octanol–water partition coefficient (Wildman–Crippen LogP) is 3.37. The summed E-state index contributed by atoms with van der Waals surface area (Å²) in [6, 6.07) is 8.43. The topological polar surface area (TPSA) is 42.1 Å². The van der Waals surface area contributed by atoms with Gasteiger partial charge in [-0.1, -0.05) is 36.7 Å². The summed E-state index contributed by atoms with van der Waals surface area (Å²) in [4.78, 5) is 7.14. The molecular weight excluding hydrogens is 282 g/mol. The van der Waals surface area contributed by atoms with Crippen molar-refractivity contribution in [1.82, 2.24) is 9.88 Å². The van der Waals surface area contributed by atoms with Crippen molar-refractivity contribution >= 4 is 22.5 Å². The summed E-state index contributed by atoms with van der Waals surface area (Å²) in [5.41, 5.74) is 9.23. The van der Waals surface area contributed by atoms with E-state index in [2.05, 4.69) is 24.8 Å². The Kier molecular flexibility index (Phi) is 4.16. The molecule has 0 saturated carbocycles. The highest BCUT2D eigenvalue weighted by atomic mass is 35.5. The average Bonchev–Trinajstić information content (AvgIpc) is 2.43. The molecule has 0 amide bonds. The van der Waals surface area contributed by atoms with Crippen molar-refractivity contribution in [1.29, 1.82) is 0 Å². The summed E-state index contributed by atoms with van der Waals surface area (Å²) in [5, 5.41) is 1.93. The average molecular weight is 304 g/mol. The number of nitrogens with zero attached hydrogens (tertiary/aromatic N) is 2. The first-order valence-electron chi connectivity index (χ1n) is 7.56. The van der Waals surface area contributed by atoms with Crippen molar-refractivity contribution in [3.8, 4) is 0 Å². The number of aromatic nitrogens is 1. The minimum Gasteiger partial charge on any atom is -0.327 e. The number of aryl methyl sites for hydroxylation is 1. The number of hydrogen-bond acceptors (Lipinski definition) is 3. The van der Waals surface area contributed by atoms with Crippen LogP contribution in [0.5, 0.6) is 0 Å². The van der Waals surface area contributed by atoms with Crippen molar-refractivity contribution < 1.29 is 0 Å². The first-order chi connectivity index (χ1) is 10.0. The SMILES string of the molecule is Cc1c(Cl)c(CN2CC(C)CC(N)C2)nc2ccccc12. The molecule has 2 N–H and O–H groups in total. The van der Waals surface area contributed by atoms with Crippen LogP contribution in [-0.2, 0) is 6.54 Å². The summed E-state index contributed by atoms with van der Waals surface area (Å²) >= 11 is 6.54. The van der Waals surface area contributed by atoms with E-state index in [0.29, 0.717) is 5.92 Å². The van der Waals surface area contributed by atoms with Crippen LogP contribution in [0.2, 0.25) is 5.02 Å². The molecule has 1 aromatic heterocycles. The zero-order chi connectivity index (χ0) is 15.0. The Labute approximate surface area is 131 Å². The monoisotopic (exact) mass is 303 g/mol. The summed E-state index contributed by atoms with van der Waals surface area (Å²) < 4.78 is 0. The third-order valence-electron chi connectivity index (χ3n) is 4.29. The maximum absolute atomic E-state index is 6.54. The zero-order valence-electron chi connectivity index (χ0n) is 12.6. The van der Waals surface area contributed by atoms with Gasteiger partial charge in [-0.2, -0.15) is 0 Å². The van der Waals surface area contributed by atoms with Gasteiger partial charge in [0.05, 0.1) is 16.2 Å². The van der Waals surface area contributed by atoms with Gasteiger partial charge in [0.25, 0.3) is 0 Å². The molecule has 2 atom stereocenters. The Morgan fingerprint density at radius 3 is 2.86 bits per heavy atom. The van der Waals surface area contributed by atoms with Crippen molar-refractivity contribution in [3.63, 3.8) is 0 Å². The Balaban J connectivity index is 1.92. The molecule has 2 unspecified atom stereocenters. The third-order valence-corrected chi connectivity index (χ3v) is 4.79. The van der Waals surface area contributed by atoms with Crippen LogP contribution in [0, 0.1) is 12.8 Å². The maximum Gasteiger partial charge on any atom is 0.0740 e. The van der Waals surface area contributed by atoms with Gasteiger partial charge in [0.15, 0.2) is 0 Å². The maximum atomic E-state index is 6.54. The minimum atomic E-state index is 0.258. The van der Waals surface area contributed by atoms with E-state index in [1.807, 2.05) is 18.2 Å². The quantitative estimate of drug-likeness (QED) is 0.925. The number of benzene rings is 1. The van der Waals surface area contributed by atoms with Crippen LogP contribution in [0.1, 0.15) is 24.6 Å². The molecule has 1 fully saturated rings. The van der Waals surface area contributed by atoms with Gasteiger partial charge in [0.1, 0.15) is 0 Å². The molecule has 112 valence electrons. The number of rotatable bonds is 2. The third kappa shape index (κ3) is 3.05. The molecule has 1 aliphatic heterocycles. The number of pyridine rings is 1. The fourth-order valence-corrected chi connectivity index (χ4v) is 3.58. The van der Waals surface area contributed by atoms with Crippen molar-refractivity contribution in [2.75, 3.05) is 13.1 Å². The van der Waals surface area contributed by atoms with Crippen LogP contribution >= 0.6 is 11.6 Å². The summed E-state index contributed by atoms with van der Waals surface area (Å²) in [6.45, 7) is 7.10. The van der Waals surface area contributed by atoms with Crippen LogP contribution in [-0.4, -0.2) is 29.0 Å². The number of halogens is 1. The first-order valence-corrected chi connectivity index (χ1v) is 7.94. The van der Waals surface area contributed by atoms with E-state index in [9.17, 15) is 0 Å². The Morgan fingerprint density at radius 1 is 1.33 bits per heavy atom. The highest BCUT2D eigenvalue weighted by Crippen LogP contribution is 2.28. The molecular formula is C17H22ClN3. The van der Waals surface area contributed by atoms with Crippen LogP contribution < -0.4 is 5.73 Å². The molecule has 0 bridgehead atoms. The van der Waals surface area contributed by atoms with E-state index in [-0.39, 0.29) is 6.04 Å². The van der Waals surface area contributed by atoms with Gasteiger partial charge in [-0.05, 0) is 30.9 Å². The van der Waals surface area contributed by atoms with Gasteiger partial charge >= 0.3 is 0 Å². The van der Waals surface area contributed by atoms with Gasteiger partial charge in [-0.25, -0.2) is 4.98 Å². The van der Waals surface area contributed by atoms with E-state index in [1.165, 1.54) is 0 Å². The van der Waals surface area contributed by atoms with Crippen LogP contribution in [0.25, 0.3) is 10.9 Å². The minimum absolute atomic E-state index is 0.258. The number of hydrogen-bond donors (Lipinski definition) is 1. The molecule has 0 radical (unpaired) electrons. The Morgan fingerprint density at radius 2 is 2.10 bits per heavy atom. The number of piperidine rings is 1. The fourth-order valence-electron chi connectivity index (χ4n) is 3.38. The lowest BCUT2D eigenvalue weighted by Gasteiger charge is -2.34.